The van der Waals surface area contributed by atoms with Crippen LogP contribution in [0.3, 0.4) is 0 Å². The second-order valence-corrected chi connectivity index (χ2v) is 4.99. The minimum Gasteiger partial charge on any atom is -0.368 e. The molecule has 0 spiro atoms. The molecule has 0 saturated carbocycles. The van der Waals surface area contributed by atoms with Gasteiger partial charge in [-0.25, -0.2) is 0 Å². The first kappa shape index (κ1) is 13.5. The summed E-state index contributed by atoms with van der Waals surface area (Å²) in [6.07, 6.45) is 0. The van der Waals surface area contributed by atoms with Crippen LogP contribution in [0.2, 0.25) is 0 Å². The quantitative estimate of drug-likeness (QED) is 0.535. The van der Waals surface area contributed by atoms with Gasteiger partial charge >= 0.3 is 0 Å². The molecular formula is C15H12BrNO2. The number of Topliss-reactive ketones (excluding diaryl/α,β-unsaturated/α-hetero) is 1. The maximum absolute atomic E-state index is 12.0. The largest absolute Gasteiger partial charge is 0.368 e. The second-order valence-electron chi connectivity index (χ2n) is 4.08. The lowest BCUT2D eigenvalue weighted by molar-refractivity contribution is -0.116. The molecule has 2 aromatic rings. The summed E-state index contributed by atoms with van der Waals surface area (Å²) in [5, 5.41) is 0. The standard InChI is InChI=1S/C15H12BrNO2/c16-13(15(17)19)14(18)12-8-4-7-11(9-12)10-5-2-1-3-6-10/h1-9,13H,(H2,17,19). The molecule has 0 fully saturated rings. The molecule has 1 atom stereocenters. The number of carbonyl (C=O) groups excluding carboxylic acids is 2. The van der Waals surface area contributed by atoms with E-state index in [-0.39, 0.29) is 5.78 Å². The molecule has 2 aromatic carbocycles. The van der Waals surface area contributed by atoms with Crippen LogP contribution in [0.5, 0.6) is 0 Å². The Morgan fingerprint density at radius 1 is 0.947 bits per heavy atom. The summed E-state index contributed by atoms with van der Waals surface area (Å²) in [5.41, 5.74) is 7.52. The maximum atomic E-state index is 12.0. The number of hydrogen-bond donors (Lipinski definition) is 1. The van der Waals surface area contributed by atoms with Crippen LogP contribution in [0.15, 0.2) is 54.6 Å². The van der Waals surface area contributed by atoms with Gasteiger partial charge in [0, 0.05) is 5.56 Å². The molecule has 0 aromatic heterocycles. The number of rotatable bonds is 4. The van der Waals surface area contributed by atoms with E-state index in [1.807, 2.05) is 36.4 Å². The van der Waals surface area contributed by atoms with Crippen molar-refractivity contribution in [3.63, 3.8) is 0 Å². The monoisotopic (exact) mass is 317 g/mol. The average molecular weight is 318 g/mol. The second kappa shape index (κ2) is 5.80. The van der Waals surface area contributed by atoms with Crippen LogP contribution >= 0.6 is 15.9 Å². The van der Waals surface area contributed by atoms with Gasteiger partial charge in [0.2, 0.25) is 5.91 Å². The summed E-state index contributed by atoms with van der Waals surface area (Å²) in [4.78, 5) is 22.1. The molecule has 2 rings (SSSR count). The average Bonchev–Trinajstić information content (AvgIpc) is 2.46. The molecular weight excluding hydrogens is 306 g/mol. The first-order chi connectivity index (χ1) is 9.09. The summed E-state index contributed by atoms with van der Waals surface area (Å²) >= 11 is 3.00. The zero-order chi connectivity index (χ0) is 13.8. The van der Waals surface area contributed by atoms with E-state index in [2.05, 4.69) is 15.9 Å². The third-order valence-corrected chi connectivity index (χ3v) is 3.60. The molecule has 1 amide bonds. The van der Waals surface area contributed by atoms with E-state index >= 15 is 0 Å². The molecule has 0 aliphatic rings. The molecule has 1 unspecified atom stereocenters. The van der Waals surface area contributed by atoms with E-state index in [0.29, 0.717) is 5.56 Å². The third-order valence-electron chi connectivity index (χ3n) is 2.73. The van der Waals surface area contributed by atoms with Gasteiger partial charge in [-0.1, -0.05) is 64.5 Å². The van der Waals surface area contributed by atoms with Crippen molar-refractivity contribution in [3.05, 3.63) is 60.2 Å². The van der Waals surface area contributed by atoms with Gasteiger partial charge in [-0.3, -0.25) is 9.59 Å². The Kier molecular flexibility index (Phi) is 4.12. The SMILES string of the molecule is NC(=O)C(Br)C(=O)c1cccc(-c2ccccc2)c1. The van der Waals surface area contributed by atoms with Crippen LogP contribution in [0.1, 0.15) is 10.4 Å². The van der Waals surface area contributed by atoms with Crippen molar-refractivity contribution in [2.24, 2.45) is 5.73 Å². The maximum Gasteiger partial charge on any atom is 0.239 e. The third kappa shape index (κ3) is 3.09. The van der Waals surface area contributed by atoms with Crippen molar-refractivity contribution >= 4 is 27.6 Å². The van der Waals surface area contributed by atoms with Gasteiger partial charge in [-0.15, -0.1) is 0 Å². The van der Waals surface area contributed by atoms with E-state index in [9.17, 15) is 9.59 Å². The lowest BCUT2D eigenvalue weighted by atomic mass is 10.0. The molecule has 19 heavy (non-hydrogen) atoms. The summed E-state index contributed by atoms with van der Waals surface area (Å²) in [6.45, 7) is 0. The molecule has 0 aliphatic heterocycles. The summed E-state index contributed by atoms with van der Waals surface area (Å²) < 4.78 is 0. The van der Waals surface area contributed by atoms with E-state index in [1.54, 1.807) is 18.2 Å². The van der Waals surface area contributed by atoms with E-state index in [4.69, 9.17) is 5.73 Å². The molecule has 0 aliphatic carbocycles. The van der Waals surface area contributed by atoms with Crippen molar-refractivity contribution < 1.29 is 9.59 Å². The number of hydrogen-bond acceptors (Lipinski definition) is 2. The molecule has 2 N–H and O–H groups in total. The number of nitrogens with two attached hydrogens (primary N) is 1. The molecule has 0 heterocycles. The number of halogens is 1. The Labute approximate surface area is 119 Å². The van der Waals surface area contributed by atoms with Gasteiger partial charge in [0.05, 0.1) is 0 Å². The van der Waals surface area contributed by atoms with Crippen LogP contribution in [-0.4, -0.2) is 16.5 Å². The smallest absolute Gasteiger partial charge is 0.239 e. The number of ketones is 1. The van der Waals surface area contributed by atoms with Gasteiger partial charge < -0.3 is 5.73 Å². The van der Waals surface area contributed by atoms with Gasteiger partial charge in [0.15, 0.2) is 10.6 Å². The highest BCUT2D eigenvalue weighted by Gasteiger charge is 2.22. The highest BCUT2D eigenvalue weighted by atomic mass is 79.9. The zero-order valence-electron chi connectivity index (χ0n) is 10.0. The first-order valence-electron chi connectivity index (χ1n) is 5.72. The zero-order valence-corrected chi connectivity index (χ0v) is 11.6. The number of alkyl halides is 1. The fraction of sp³-hybridized carbons (Fsp3) is 0.0667. The Morgan fingerprint density at radius 3 is 2.21 bits per heavy atom. The van der Waals surface area contributed by atoms with Gasteiger partial charge in [-0.2, -0.15) is 0 Å². The number of primary amides is 1. The topological polar surface area (TPSA) is 60.2 Å². The first-order valence-corrected chi connectivity index (χ1v) is 6.64. The van der Waals surface area contributed by atoms with Crippen molar-refractivity contribution in [3.8, 4) is 11.1 Å². The summed E-state index contributed by atoms with van der Waals surface area (Å²) in [5.74, 6) is -1.01. The fourth-order valence-corrected chi connectivity index (χ4v) is 2.02. The fourth-order valence-electron chi connectivity index (χ4n) is 1.76. The van der Waals surface area contributed by atoms with Crippen LogP contribution < -0.4 is 5.73 Å². The minimum atomic E-state index is -0.987. The Hall–Kier alpha value is -1.94. The normalized spacial score (nSPS) is 11.8. The molecule has 96 valence electrons. The van der Waals surface area contributed by atoms with Crippen molar-refractivity contribution in [2.45, 2.75) is 4.83 Å². The number of amides is 1. The van der Waals surface area contributed by atoms with Gasteiger partial charge in [0.25, 0.3) is 0 Å². The van der Waals surface area contributed by atoms with Gasteiger partial charge in [0.1, 0.15) is 0 Å². The predicted molar refractivity (Wildman–Crippen MR) is 78.1 cm³/mol. The number of benzene rings is 2. The van der Waals surface area contributed by atoms with Crippen LogP contribution in [0.25, 0.3) is 11.1 Å². The molecule has 0 bridgehead atoms. The van der Waals surface area contributed by atoms with Crippen molar-refractivity contribution in [2.75, 3.05) is 0 Å². The Morgan fingerprint density at radius 2 is 1.58 bits per heavy atom. The van der Waals surface area contributed by atoms with Crippen LogP contribution in [-0.2, 0) is 4.79 Å². The van der Waals surface area contributed by atoms with Crippen LogP contribution in [0.4, 0.5) is 0 Å². The Bertz CT molecular complexity index is 611. The minimum absolute atomic E-state index is 0.328. The van der Waals surface area contributed by atoms with Crippen molar-refractivity contribution in [1.82, 2.24) is 0 Å². The van der Waals surface area contributed by atoms with Crippen LogP contribution in [0, 0.1) is 0 Å². The Balaban J connectivity index is 2.35. The van der Waals surface area contributed by atoms with E-state index in [1.165, 1.54) is 0 Å². The van der Waals surface area contributed by atoms with E-state index < -0.39 is 10.7 Å². The molecule has 0 saturated heterocycles. The highest BCUT2D eigenvalue weighted by molar-refractivity contribution is 9.10. The lowest BCUT2D eigenvalue weighted by Gasteiger charge is -2.07. The molecule has 3 nitrogen and oxygen atoms in total. The highest BCUT2D eigenvalue weighted by Crippen LogP contribution is 2.21. The van der Waals surface area contributed by atoms with E-state index in [0.717, 1.165) is 11.1 Å². The molecule has 4 heteroatoms. The lowest BCUT2D eigenvalue weighted by Crippen LogP contribution is -2.30. The number of carbonyl (C=O) groups is 2. The summed E-state index contributed by atoms with van der Waals surface area (Å²) in [6, 6.07) is 16.9. The molecule has 0 radical (unpaired) electrons. The van der Waals surface area contributed by atoms with Crippen molar-refractivity contribution in [1.29, 1.82) is 0 Å². The summed E-state index contributed by atoms with van der Waals surface area (Å²) in [7, 11) is 0. The van der Waals surface area contributed by atoms with Gasteiger partial charge in [-0.05, 0) is 17.2 Å². The predicted octanol–water partition coefficient (Wildman–Crippen LogP) is 2.79.